The van der Waals surface area contributed by atoms with E-state index in [0.717, 1.165) is 35.0 Å². The highest BCUT2D eigenvalue weighted by Gasteiger charge is 2.19. The van der Waals surface area contributed by atoms with Crippen LogP contribution in [0.2, 0.25) is 0 Å². The Balaban J connectivity index is 1.59. The Morgan fingerprint density at radius 3 is 2.44 bits per heavy atom. The summed E-state index contributed by atoms with van der Waals surface area (Å²) >= 11 is 1.16. The summed E-state index contributed by atoms with van der Waals surface area (Å²) in [5.41, 5.74) is 1.65. The predicted octanol–water partition coefficient (Wildman–Crippen LogP) is 1.77. The third-order valence-electron chi connectivity index (χ3n) is 4.30. The van der Waals surface area contributed by atoms with E-state index in [-0.39, 0.29) is 16.7 Å². The van der Waals surface area contributed by atoms with Crippen LogP contribution in [0.15, 0.2) is 40.6 Å². The van der Waals surface area contributed by atoms with Crippen LogP contribution in [0.1, 0.15) is 15.2 Å². The molecular weight excluding hydrogens is 386 g/mol. The van der Waals surface area contributed by atoms with E-state index in [9.17, 15) is 13.2 Å². The van der Waals surface area contributed by atoms with Gasteiger partial charge in [-0.2, -0.15) is 0 Å². The molecule has 0 aliphatic carbocycles. The lowest BCUT2D eigenvalue weighted by Crippen LogP contribution is -2.36. The Morgan fingerprint density at radius 1 is 1.15 bits per heavy atom. The number of carbonyl (C=O) groups is 1. The maximum absolute atomic E-state index is 12.4. The molecule has 0 bridgehead atoms. The zero-order valence-electron chi connectivity index (χ0n) is 15.3. The molecule has 7 nitrogen and oxygen atoms in total. The van der Waals surface area contributed by atoms with Gasteiger partial charge in [-0.3, -0.25) is 4.79 Å². The number of hydrogen-bond donors (Lipinski definition) is 1. The number of thiophene rings is 1. The highest BCUT2D eigenvalue weighted by Crippen LogP contribution is 2.23. The summed E-state index contributed by atoms with van der Waals surface area (Å²) in [4.78, 5) is 15.4. The predicted molar refractivity (Wildman–Crippen MR) is 106 cm³/mol. The second kappa shape index (κ2) is 8.39. The van der Waals surface area contributed by atoms with Crippen LogP contribution in [0.3, 0.4) is 0 Å². The van der Waals surface area contributed by atoms with E-state index in [0.29, 0.717) is 18.8 Å². The van der Waals surface area contributed by atoms with Gasteiger partial charge in [-0.1, -0.05) is 0 Å². The van der Waals surface area contributed by atoms with Gasteiger partial charge in [0, 0.05) is 43.3 Å². The number of nitrogens with one attached hydrogen (secondary N) is 1. The Kier molecular flexibility index (Phi) is 6.15. The van der Waals surface area contributed by atoms with Crippen LogP contribution in [0.5, 0.6) is 0 Å². The molecule has 0 unspecified atom stereocenters. The molecule has 146 valence electrons. The molecule has 1 amide bonds. The number of benzene rings is 1. The van der Waals surface area contributed by atoms with Crippen LogP contribution >= 0.6 is 11.3 Å². The average molecular weight is 410 g/mol. The summed E-state index contributed by atoms with van der Waals surface area (Å²) in [7, 11) is -0.443. The van der Waals surface area contributed by atoms with Crippen molar-refractivity contribution in [2.24, 2.45) is 0 Å². The number of hydrogen-bond acceptors (Lipinski definition) is 6. The van der Waals surface area contributed by atoms with E-state index in [1.165, 1.54) is 18.4 Å². The monoisotopic (exact) mass is 409 g/mol. The summed E-state index contributed by atoms with van der Waals surface area (Å²) in [5.74, 6) is -0.186. The van der Waals surface area contributed by atoms with Crippen molar-refractivity contribution in [3.8, 4) is 0 Å². The molecule has 1 aliphatic rings. The number of amides is 1. The molecule has 1 aromatic heterocycles. The molecule has 1 aliphatic heterocycles. The smallest absolute Gasteiger partial charge is 0.252 e. The molecule has 1 fully saturated rings. The van der Waals surface area contributed by atoms with Crippen LogP contribution in [-0.2, 0) is 21.3 Å². The van der Waals surface area contributed by atoms with Crippen molar-refractivity contribution in [1.29, 1.82) is 0 Å². The van der Waals surface area contributed by atoms with Crippen LogP contribution in [0.25, 0.3) is 0 Å². The number of nitrogens with zero attached hydrogens (tertiary/aromatic N) is 2. The van der Waals surface area contributed by atoms with Gasteiger partial charge in [-0.15, -0.1) is 11.3 Å². The molecule has 0 saturated carbocycles. The van der Waals surface area contributed by atoms with Crippen LogP contribution in [-0.4, -0.2) is 59.0 Å². The SMILES string of the molecule is CN(C)S(=O)(=O)c1ccc(CNC(=O)c2ccc(N3CCOCC3)cc2)s1. The van der Waals surface area contributed by atoms with Gasteiger partial charge in [-0.05, 0) is 36.4 Å². The summed E-state index contributed by atoms with van der Waals surface area (Å²) in [6.45, 7) is 3.42. The van der Waals surface area contributed by atoms with Crippen molar-refractivity contribution in [2.75, 3.05) is 45.3 Å². The van der Waals surface area contributed by atoms with E-state index < -0.39 is 10.0 Å². The fourth-order valence-corrected chi connectivity index (χ4v) is 5.15. The second-order valence-electron chi connectivity index (χ2n) is 6.34. The third kappa shape index (κ3) is 4.67. The molecule has 2 aromatic rings. The number of ether oxygens (including phenoxy) is 1. The highest BCUT2D eigenvalue weighted by molar-refractivity contribution is 7.91. The quantitative estimate of drug-likeness (QED) is 0.787. The van der Waals surface area contributed by atoms with Crippen molar-refractivity contribution < 1.29 is 17.9 Å². The zero-order valence-corrected chi connectivity index (χ0v) is 17.0. The Labute approximate surface area is 163 Å². The molecule has 0 atom stereocenters. The molecule has 0 radical (unpaired) electrons. The molecule has 2 heterocycles. The van der Waals surface area contributed by atoms with E-state index in [4.69, 9.17) is 4.74 Å². The first-order chi connectivity index (χ1) is 12.9. The first kappa shape index (κ1) is 19.8. The number of sulfonamides is 1. The van der Waals surface area contributed by atoms with E-state index in [2.05, 4.69) is 10.2 Å². The van der Waals surface area contributed by atoms with E-state index >= 15 is 0 Å². The van der Waals surface area contributed by atoms with Crippen LogP contribution in [0.4, 0.5) is 5.69 Å². The molecule has 9 heteroatoms. The summed E-state index contributed by atoms with van der Waals surface area (Å²) < 4.78 is 31.0. The number of anilines is 1. The van der Waals surface area contributed by atoms with Gasteiger partial charge < -0.3 is 15.0 Å². The topological polar surface area (TPSA) is 79.0 Å². The lowest BCUT2D eigenvalue weighted by atomic mass is 10.1. The van der Waals surface area contributed by atoms with Gasteiger partial charge in [0.2, 0.25) is 0 Å². The lowest BCUT2D eigenvalue weighted by molar-refractivity contribution is 0.0951. The fourth-order valence-electron chi connectivity index (χ4n) is 2.69. The molecule has 3 rings (SSSR count). The van der Waals surface area contributed by atoms with Crippen LogP contribution in [0, 0.1) is 0 Å². The van der Waals surface area contributed by atoms with Crippen molar-refractivity contribution in [3.63, 3.8) is 0 Å². The zero-order chi connectivity index (χ0) is 19.4. The van der Waals surface area contributed by atoms with Crippen LogP contribution < -0.4 is 10.2 Å². The van der Waals surface area contributed by atoms with Gasteiger partial charge in [-0.25, -0.2) is 12.7 Å². The first-order valence-electron chi connectivity index (χ1n) is 8.60. The number of morpholine rings is 1. The lowest BCUT2D eigenvalue weighted by Gasteiger charge is -2.28. The summed E-state index contributed by atoms with van der Waals surface area (Å²) in [6.07, 6.45) is 0. The fraction of sp³-hybridized carbons (Fsp3) is 0.389. The minimum absolute atomic E-state index is 0.186. The molecule has 1 saturated heterocycles. The second-order valence-corrected chi connectivity index (χ2v) is 9.88. The Bertz CT molecular complexity index is 886. The average Bonchev–Trinajstić information content (AvgIpc) is 3.17. The number of carbonyl (C=O) groups excluding carboxylic acids is 1. The van der Waals surface area contributed by atoms with Gasteiger partial charge in [0.05, 0.1) is 19.8 Å². The standard InChI is InChI=1S/C18H23N3O4S2/c1-20(2)27(23,24)17-8-7-16(26-17)13-19-18(22)14-3-5-15(6-4-14)21-9-11-25-12-10-21/h3-8H,9-13H2,1-2H3,(H,19,22). The third-order valence-corrected chi connectivity index (χ3v) is 7.67. The van der Waals surface area contributed by atoms with Gasteiger partial charge >= 0.3 is 0 Å². The van der Waals surface area contributed by atoms with Gasteiger partial charge in [0.1, 0.15) is 4.21 Å². The first-order valence-corrected chi connectivity index (χ1v) is 10.9. The van der Waals surface area contributed by atoms with Crippen molar-refractivity contribution in [3.05, 3.63) is 46.8 Å². The van der Waals surface area contributed by atoms with Gasteiger partial charge in [0.25, 0.3) is 15.9 Å². The molecule has 1 aromatic carbocycles. The summed E-state index contributed by atoms with van der Waals surface area (Å²) in [5, 5.41) is 2.84. The minimum atomic E-state index is -3.44. The maximum atomic E-state index is 12.4. The normalized spacial score (nSPS) is 15.1. The largest absolute Gasteiger partial charge is 0.378 e. The van der Waals surface area contributed by atoms with E-state index in [1.54, 1.807) is 24.3 Å². The maximum Gasteiger partial charge on any atom is 0.252 e. The van der Waals surface area contributed by atoms with Crippen molar-refractivity contribution in [2.45, 2.75) is 10.8 Å². The molecule has 0 spiro atoms. The highest BCUT2D eigenvalue weighted by atomic mass is 32.2. The Hall–Kier alpha value is -1.94. The Morgan fingerprint density at radius 2 is 1.81 bits per heavy atom. The summed E-state index contributed by atoms with van der Waals surface area (Å²) in [6, 6.07) is 10.8. The van der Waals surface area contributed by atoms with Gasteiger partial charge in [0.15, 0.2) is 0 Å². The molecular formula is C18H23N3O4S2. The molecule has 27 heavy (non-hydrogen) atoms. The van der Waals surface area contributed by atoms with E-state index in [1.807, 2.05) is 12.1 Å². The van der Waals surface area contributed by atoms with Crippen molar-refractivity contribution in [1.82, 2.24) is 9.62 Å². The minimum Gasteiger partial charge on any atom is -0.378 e. The van der Waals surface area contributed by atoms with Crippen molar-refractivity contribution >= 4 is 33.0 Å². The molecule has 1 N–H and O–H groups in total. The number of rotatable bonds is 6.